The molecule has 5 nitrogen and oxygen atoms in total. The van der Waals surface area contributed by atoms with Gasteiger partial charge in [0.05, 0.1) is 26.8 Å². The van der Waals surface area contributed by atoms with Crippen molar-refractivity contribution in [2.75, 3.05) is 0 Å². The van der Waals surface area contributed by atoms with Gasteiger partial charge in [-0.15, -0.1) is 11.3 Å². The standard InChI is InChI=1S/C16H22FN.C16H23NS.C14H18FN.C13H17FN2/c1-10(2)14-12-8-7-11(17)9-13(12)18(6)15(14)16(3,4)5;1-9(2)12-8-17-14-10(3)11(4)18-15(14)13(12)16(5,6)7;1-9(2)14-8-11-7-12(15)5-6-13(11)16(14)10(3)4;1-8(2)13-15-11-7-10(14)5-6-12(11)16(13)9(3)4/h7-10H,1-6H3;8-9H,1-7H3;5-10H,1-4H3;5-9H,1-4H3. The average molecular weight is 948 g/mol. The summed E-state index contributed by atoms with van der Waals surface area (Å²) >= 11 is 1.90. The van der Waals surface area contributed by atoms with Crippen LogP contribution in [0, 0.1) is 31.3 Å². The molecular formula is C59H80F3N5S. The van der Waals surface area contributed by atoms with E-state index >= 15 is 0 Å². The quantitative estimate of drug-likeness (QED) is 0.167. The Morgan fingerprint density at radius 2 is 1.15 bits per heavy atom. The van der Waals surface area contributed by atoms with Crippen molar-refractivity contribution in [3.8, 4) is 0 Å². The summed E-state index contributed by atoms with van der Waals surface area (Å²) in [4.78, 5) is 10.6. The molecule has 0 saturated heterocycles. The Morgan fingerprint density at radius 3 is 1.66 bits per heavy atom. The fourth-order valence-corrected chi connectivity index (χ4v) is 11.1. The molecule has 0 unspecified atom stereocenters. The first-order chi connectivity index (χ1) is 31.5. The molecule has 8 rings (SSSR count). The Bertz CT molecular complexity index is 2910. The van der Waals surface area contributed by atoms with Gasteiger partial charge in [-0.3, -0.25) is 4.98 Å². The molecule has 0 spiro atoms. The summed E-state index contributed by atoms with van der Waals surface area (Å²) in [5, 5.41) is 2.18. The summed E-state index contributed by atoms with van der Waals surface area (Å²) in [7, 11) is 2.04. The Hall–Kier alpha value is -4.89. The second-order valence-electron chi connectivity index (χ2n) is 22.5. The van der Waals surface area contributed by atoms with Crippen molar-refractivity contribution in [1.29, 1.82) is 0 Å². The first kappa shape index (κ1) is 54.1. The molecule has 0 N–H and O–H groups in total. The molecule has 0 fully saturated rings. The van der Waals surface area contributed by atoms with Crippen molar-refractivity contribution >= 4 is 54.4 Å². The highest BCUT2D eigenvalue weighted by Crippen LogP contribution is 2.41. The molecule has 0 atom stereocenters. The molecule has 68 heavy (non-hydrogen) atoms. The number of fused-ring (bicyclic) bond motifs is 4. The van der Waals surface area contributed by atoms with E-state index in [9.17, 15) is 13.2 Å². The van der Waals surface area contributed by atoms with E-state index in [-0.39, 0.29) is 28.3 Å². The summed E-state index contributed by atoms with van der Waals surface area (Å²) in [6.45, 7) is 44.0. The zero-order chi connectivity index (χ0) is 51.1. The molecule has 3 aromatic carbocycles. The maximum atomic E-state index is 13.4. The number of hydrogen-bond acceptors (Lipinski definition) is 3. The van der Waals surface area contributed by atoms with Crippen LogP contribution in [0.15, 0.2) is 66.9 Å². The lowest BCUT2D eigenvalue weighted by Crippen LogP contribution is -2.18. The molecule has 368 valence electrons. The van der Waals surface area contributed by atoms with Crippen molar-refractivity contribution in [2.45, 2.75) is 185 Å². The Balaban J connectivity index is 0.000000170. The maximum Gasteiger partial charge on any atom is 0.125 e. The minimum Gasteiger partial charge on any atom is -0.347 e. The monoisotopic (exact) mass is 948 g/mol. The molecule has 5 heterocycles. The lowest BCUT2D eigenvalue weighted by Gasteiger charge is -2.25. The highest BCUT2D eigenvalue weighted by atomic mass is 32.1. The van der Waals surface area contributed by atoms with E-state index in [0.717, 1.165) is 33.3 Å². The Kier molecular flexibility index (Phi) is 16.7. The van der Waals surface area contributed by atoms with Gasteiger partial charge in [-0.2, -0.15) is 0 Å². The second kappa shape index (κ2) is 21.0. The smallest absolute Gasteiger partial charge is 0.125 e. The number of aromatic nitrogens is 5. The van der Waals surface area contributed by atoms with Gasteiger partial charge in [0.1, 0.15) is 23.3 Å². The minimum absolute atomic E-state index is 0.0594. The number of rotatable bonds is 6. The van der Waals surface area contributed by atoms with Crippen LogP contribution in [0.5, 0.6) is 0 Å². The van der Waals surface area contributed by atoms with Gasteiger partial charge in [0.15, 0.2) is 0 Å². The molecule has 0 bridgehead atoms. The number of pyridine rings is 1. The van der Waals surface area contributed by atoms with Crippen LogP contribution >= 0.6 is 11.3 Å². The van der Waals surface area contributed by atoms with Crippen LogP contribution in [-0.2, 0) is 17.9 Å². The highest BCUT2D eigenvalue weighted by molar-refractivity contribution is 7.19. The summed E-state index contributed by atoms with van der Waals surface area (Å²) in [5.74, 6) is 2.23. The minimum atomic E-state index is -0.226. The Morgan fingerprint density at radius 1 is 0.588 bits per heavy atom. The highest BCUT2D eigenvalue weighted by Gasteiger charge is 2.28. The Labute approximate surface area is 410 Å². The van der Waals surface area contributed by atoms with Gasteiger partial charge >= 0.3 is 0 Å². The molecule has 5 aromatic heterocycles. The normalized spacial score (nSPS) is 12.3. The number of nitrogens with zero attached hydrogens (tertiary/aromatic N) is 5. The number of halogens is 3. The van der Waals surface area contributed by atoms with Crippen molar-refractivity contribution in [1.82, 2.24) is 23.7 Å². The number of hydrogen-bond donors (Lipinski definition) is 0. The average Bonchev–Trinajstić information content (AvgIpc) is 3.96. The topological polar surface area (TPSA) is 40.6 Å². The predicted molar refractivity (Wildman–Crippen MR) is 288 cm³/mol. The van der Waals surface area contributed by atoms with Gasteiger partial charge in [0.25, 0.3) is 0 Å². The van der Waals surface area contributed by atoms with Gasteiger partial charge in [0, 0.05) is 75.3 Å². The molecular weight excluding hydrogens is 868 g/mol. The number of thiophene rings is 1. The molecule has 9 heteroatoms. The molecule has 0 amide bonds. The lowest BCUT2D eigenvalue weighted by molar-refractivity contribution is 0.535. The predicted octanol–water partition coefficient (Wildman–Crippen LogP) is 18.4. The van der Waals surface area contributed by atoms with Gasteiger partial charge in [-0.05, 0) is 142 Å². The van der Waals surface area contributed by atoms with Crippen LogP contribution in [0.3, 0.4) is 0 Å². The van der Waals surface area contributed by atoms with Gasteiger partial charge in [-0.1, -0.05) is 96.9 Å². The maximum absolute atomic E-state index is 13.4. The van der Waals surface area contributed by atoms with Gasteiger partial charge in [0.2, 0.25) is 0 Å². The van der Waals surface area contributed by atoms with E-state index in [1.807, 2.05) is 36.6 Å². The SMILES string of the molecule is CC(C)c1c(C(C)(C)C)n(C)c2cc(F)ccc12.CC(C)c1cc2cc(F)ccc2n1C(C)C.CC(C)c1nc2cc(F)ccc2n1C(C)C.Cc1sc2c(C(C)(C)C)c(C(C)C)cnc2c1C. The second-order valence-corrected chi connectivity index (χ2v) is 23.7. The third-order valence-corrected chi connectivity index (χ3v) is 13.9. The third kappa shape index (κ3) is 11.4. The summed E-state index contributed by atoms with van der Waals surface area (Å²) in [6.07, 6.45) is 2.09. The summed E-state index contributed by atoms with van der Waals surface area (Å²) < 4.78 is 47.8. The van der Waals surface area contributed by atoms with Crippen LogP contribution in [-0.4, -0.2) is 23.7 Å². The van der Waals surface area contributed by atoms with Crippen molar-refractivity contribution in [3.05, 3.63) is 129 Å². The fourth-order valence-electron chi connectivity index (χ4n) is 9.70. The molecule has 0 aliphatic rings. The zero-order valence-corrected chi connectivity index (χ0v) is 45.9. The fraction of sp³-hybridized carbons (Fsp3) is 0.492. The number of benzene rings is 3. The van der Waals surface area contributed by atoms with Gasteiger partial charge in [-0.25, -0.2) is 18.2 Å². The van der Waals surface area contributed by atoms with E-state index in [1.165, 1.54) is 72.3 Å². The number of aryl methyl sites for hydroxylation is 3. The van der Waals surface area contributed by atoms with Crippen LogP contribution < -0.4 is 0 Å². The van der Waals surface area contributed by atoms with Crippen molar-refractivity contribution < 1.29 is 13.2 Å². The van der Waals surface area contributed by atoms with E-state index in [1.54, 1.807) is 18.2 Å². The van der Waals surface area contributed by atoms with E-state index < -0.39 is 0 Å². The zero-order valence-electron chi connectivity index (χ0n) is 45.1. The molecule has 0 radical (unpaired) electrons. The van der Waals surface area contributed by atoms with Crippen LogP contribution in [0.4, 0.5) is 13.2 Å². The molecule has 8 aromatic rings. The van der Waals surface area contributed by atoms with E-state index in [4.69, 9.17) is 4.98 Å². The van der Waals surface area contributed by atoms with Crippen LogP contribution in [0.2, 0.25) is 0 Å². The van der Waals surface area contributed by atoms with Crippen molar-refractivity contribution in [2.24, 2.45) is 7.05 Å². The van der Waals surface area contributed by atoms with Gasteiger partial charge < -0.3 is 13.7 Å². The molecule has 0 aliphatic heterocycles. The molecule has 0 aliphatic carbocycles. The number of imidazole rings is 1. The summed E-state index contributed by atoms with van der Waals surface area (Å²) in [6, 6.07) is 17.8. The van der Waals surface area contributed by atoms with Crippen molar-refractivity contribution in [3.63, 3.8) is 0 Å². The third-order valence-electron chi connectivity index (χ3n) is 12.7. The van der Waals surface area contributed by atoms with Crippen LogP contribution in [0.25, 0.3) is 43.1 Å². The van der Waals surface area contributed by atoms with E-state index in [0.29, 0.717) is 35.8 Å². The molecule has 0 saturated carbocycles. The van der Waals surface area contributed by atoms with E-state index in [2.05, 4.69) is 169 Å². The first-order valence-corrected chi connectivity index (χ1v) is 25.4. The van der Waals surface area contributed by atoms with Crippen LogP contribution in [0.1, 0.15) is 205 Å². The summed E-state index contributed by atoms with van der Waals surface area (Å²) in [5.41, 5.74) is 13.5. The lowest BCUT2D eigenvalue weighted by atomic mass is 9.81. The first-order valence-electron chi connectivity index (χ1n) is 24.6. The largest absolute Gasteiger partial charge is 0.347 e.